The van der Waals surface area contributed by atoms with Gasteiger partial charge in [0.1, 0.15) is 18.5 Å². The second-order valence-corrected chi connectivity index (χ2v) is 12.2. The molecule has 0 bridgehead atoms. The minimum absolute atomic E-state index is 0. The van der Waals surface area contributed by atoms with E-state index in [1.165, 1.54) is 21.5 Å². The number of nitrogens with zero attached hydrogens (tertiary/aromatic N) is 9. The Balaban J connectivity index is 0.000000161. The van der Waals surface area contributed by atoms with Crippen LogP contribution in [-0.4, -0.2) is 49.1 Å². The first-order valence-electron chi connectivity index (χ1n) is 16.6. The lowest BCUT2D eigenvalue weighted by molar-refractivity contribution is 0.986. The summed E-state index contributed by atoms with van der Waals surface area (Å²) in [6, 6.07) is 36.8. The van der Waals surface area contributed by atoms with E-state index < -0.39 is 0 Å². The molecule has 0 saturated carbocycles. The zero-order chi connectivity index (χ0) is 35.0. The third-order valence-corrected chi connectivity index (χ3v) is 9.10. The van der Waals surface area contributed by atoms with Gasteiger partial charge in [-0.05, 0) is 76.0 Å². The van der Waals surface area contributed by atoms with Gasteiger partial charge in [0.2, 0.25) is 0 Å². The molecule has 1 N–H and O–H groups in total. The quantitative estimate of drug-likeness (QED) is 0.192. The minimum atomic E-state index is -0.277. The van der Waals surface area contributed by atoms with E-state index in [0.717, 1.165) is 61.3 Å². The van der Waals surface area contributed by atoms with Crippen LogP contribution in [0.25, 0.3) is 77.6 Å². The first-order valence-corrected chi connectivity index (χ1v) is 16.6. The Morgan fingerprint density at radius 1 is 0.537 bits per heavy atom. The highest BCUT2D eigenvalue weighted by molar-refractivity contribution is 5.96. The highest BCUT2D eigenvalue weighted by atomic mass is 16.1. The molecule has 11 heteroatoms. The van der Waals surface area contributed by atoms with Crippen molar-refractivity contribution in [2.75, 3.05) is 0 Å². The minimum Gasteiger partial charge on any atom is -0.306 e. The predicted octanol–water partition coefficient (Wildman–Crippen LogP) is 8.89. The predicted molar refractivity (Wildman–Crippen MR) is 215 cm³/mol. The van der Waals surface area contributed by atoms with E-state index in [9.17, 15) is 4.79 Å². The van der Waals surface area contributed by atoms with Gasteiger partial charge in [0.25, 0.3) is 0 Å². The van der Waals surface area contributed by atoms with E-state index in [-0.39, 0.29) is 20.5 Å². The van der Waals surface area contributed by atoms with Gasteiger partial charge in [-0.25, -0.2) is 14.2 Å². The van der Waals surface area contributed by atoms with Gasteiger partial charge < -0.3 is 4.98 Å². The maximum Gasteiger partial charge on any atom is 0.333 e. The third-order valence-electron chi connectivity index (χ3n) is 9.10. The van der Waals surface area contributed by atoms with Crippen molar-refractivity contribution in [2.24, 2.45) is 0 Å². The van der Waals surface area contributed by atoms with Crippen LogP contribution in [0, 0.1) is 6.92 Å². The fourth-order valence-corrected chi connectivity index (χ4v) is 6.60. The van der Waals surface area contributed by atoms with E-state index in [1.54, 1.807) is 31.1 Å². The number of fused-ring (bicyclic) bond motifs is 4. The molecule has 11 nitrogen and oxygen atoms in total. The van der Waals surface area contributed by atoms with Crippen molar-refractivity contribution in [2.45, 2.75) is 21.8 Å². The summed E-state index contributed by atoms with van der Waals surface area (Å²) < 4.78 is 3.35. The molecular weight excluding hydrogens is 673 g/mol. The number of rotatable bonds is 4. The van der Waals surface area contributed by atoms with Crippen LogP contribution in [0.15, 0.2) is 151 Å². The van der Waals surface area contributed by atoms with Gasteiger partial charge in [-0.15, -0.1) is 20.4 Å². The maximum atomic E-state index is 12.4. The van der Waals surface area contributed by atoms with E-state index >= 15 is 0 Å². The normalized spacial score (nSPS) is 10.8. The summed E-state index contributed by atoms with van der Waals surface area (Å²) in [7, 11) is 0. The Bertz CT molecular complexity index is 2950. The second-order valence-electron chi connectivity index (χ2n) is 12.2. The Labute approximate surface area is 310 Å². The van der Waals surface area contributed by atoms with Crippen LogP contribution < -0.4 is 5.69 Å². The number of H-pyrrole nitrogens is 1. The summed E-state index contributed by atoms with van der Waals surface area (Å²) in [4.78, 5) is 28.5. The largest absolute Gasteiger partial charge is 0.333 e. The Morgan fingerprint density at radius 3 is 1.63 bits per heavy atom. The SMILES string of the molecule is C.C.Cc1nc(-c2ccncc2)c(-c2ccc3ccccc3c2)c2nncn12.O=c1[nH]c(-c2ccncc2)c(-c2ccc3ccccc3c2)c2nncn12. The van der Waals surface area contributed by atoms with E-state index in [0.29, 0.717) is 11.3 Å². The first-order chi connectivity index (χ1) is 25.6. The molecule has 6 aromatic heterocycles. The number of hydrogen-bond donors (Lipinski definition) is 1. The molecule has 6 heterocycles. The van der Waals surface area contributed by atoms with E-state index in [4.69, 9.17) is 4.98 Å². The topological polar surface area (TPSA) is 132 Å². The maximum absolute atomic E-state index is 12.4. The first kappa shape index (κ1) is 35.0. The molecule has 0 unspecified atom stereocenters. The lowest BCUT2D eigenvalue weighted by Crippen LogP contribution is -2.17. The molecule has 0 aliphatic rings. The summed E-state index contributed by atoms with van der Waals surface area (Å²) >= 11 is 0. The van der Waals surface area contributed by atoms with Crippen LogP contribution in [0.2, 0.25) is 0 Å². The molecule has 54 heavy (non-hydrogen) atoms. The van der Waals surface area contributed by atoms with Gasteiger partial charge in [0.05, 0.1) is 22.5 Å². The van der Waals surface area contributed by atoms with E-state index in [1.807, 2.05) is 53.8 Å². The Kier molecular flexibility index (Phi) is 9.52. The smallest absolute Gasteiger partial charge is 0.306 e. The number of aromatic amines is 1. The number of pyridine rings is 2. The standard InChI is InChI=1S/C21H15N5.C20H13N5O.2CH4/c1-14-24-20(16-8-10-22-11-9-16)19(21-25-23-13-26(14)21)18-7-6-15-4-2-3-5-17(15)12-18;26-20-23-18(14-7-9-21-10-8-14)17(19-24-22-12-25(19)20)16-6-5-13-3-1-2-4-15(13)11-16;;/h2-13H,1H3;1-12H,(H,23,26);2*1H4. The fourth-order valence-electron chi connectivity index (χ4n) is 6.60. The molecule has 10 rings (SSSR count). The van der Waals surface area contributed by atoms with Crippen molar-refractivity contribution >= 4 is 32.8 Å². The summed E-state index contributed by atoms with van der Waals surface area (Å²) in [6.45, 7) is 1.96. The van der Waals surface area contributed by atoms with Crippen LogP contribution in [0.4, 0.5) is 0 Å². The van der Waals surface area contributed by atoms with Crippen molar-refractivity contribution in [3.63, 3.8) is 0 Å². The third kappa shape index (κ3) is 6.24. The summed E-state index contributed by atoms with van der Waals surface area (Å²) in [6.07, 6.45) is 10.1. The molecule has 0 spiro atoms. The van der Waals surface area contributed by atoms with E-state index in [2.05, 4.69) is 102 Å². The summed E-state index contributed by atoms with van der Waals surface area (Å²) in [5.74, 6) is 0.848. The van der Waals surface area contributed by atoms with Crippen LogP contribution in [0.1, 0.15) is 20.7 Å². The Morgan fingerprint density at radius 2 is 1.04 bits per heavy atom. The van der Waals surface area contributed by atoms with Crippen molar-refractivity contribution in [1.29, 1.82) is 0 Å². The van der Waals surface area contributed by atoms with Crippen LogP contribution in [-0.2, 0) is 0 Å². The van der Waals surface area contributed by atoms with Crippen molar-refractivity contribution in [1.82, 2.24) is 49.1 Å². The number of aryl methyl sites for hydroxylation is 1. The molecule has 10 aromatic rings. The van der Waals surface area contributed by atoms with Crippen molar-refractivity contribution in [3.05, 3.63) is 163 Å². The molecule has 264 valence electrons. The average molecular weight is 709 g/mol. The summed E-state index contributed by atoms with van der Waals surface area (Å²) in [5, 5.41) is 21.3. The van der Waals surface area contributed by atoms with Gasteiger partial charge in [-0.2, -0.15) is 0 Å². The number of benzene rings is 4. The molecule has 0 saturated heterocycles. The van der Waals surface area contributed by atoms with Gasteiger partial charge in [-0.1, -0.05) is 87.6 Å². The van der Waals surface area contributed by atoms with Gasteiger partial charge in [0, 0.05) is 35.9 Å². The van der Waals surface area contributed by atoms with Crippen molar-refractivity contribution in [3.8, 4) is 44.8 Å². The van der Waals surface area contributed by atoms with Crippen LogP contribution in [0.5, 0.6) is 0 Å². The zero-order valence-electron chi connectivity index (χ0n) is 27.8. The average Bonchev–Trinajstić information content (AvgIpc) is 3.90. The highest BCUT2D eigenvalue weighted by Gasteiger charge is 2.19. The molecule has 0 atom stereocenters. The highest BCUT2D eigenvalue weighted by Crippen LogP contribution is 2.36. The Hall–Kier alpha value is -7.40. The van der Waals surface area contributed by atoms with Gasteiger partial charge in [0.15, 0.2) is 11.3 Å². The lowest BCUT2D eigenvalue weighted by atomic mass is 9.98. The van der Waals surface area contributed by atoms with Gasteiger partial charge >= 0.3 is 5.69 Å². The monoisotopic (exact) mass is 708 g/mol. The molecule has 0 aliphatic heterocycles. The number of nitrogens with one attached hydrogen (secondary N) is 1. The van der Waals surface area contributed by atoms with Crippen LogP contribution in [0.3, 0.4) is 0 Å². The molecular formula is C43H36N10O. The molecule has 4 aromatic carbocycles. The number of hydrogen-bond acceptors (Lipinski definition) is 8. The van der Waals surface area contributed by atoms with Crippen LogP contribution >= 0.6 is 0 Å². The molecule has 0 radical (unpaired) electrons. The van der Waals surface area contributed by atoms with Gasteiger partial charge in [-0.3, -0.25) is 14.4 Å². The molecule has 0 aliphatic carbocycles. The molecule has 0 fully saturated rings. The lowest BCUT2D eigenvalue weighted by Gasteiger charge is -2.13. The molecule has 0 amide bonds. The number of aromatic nitrogens is 10. The fraction of sp³-hybridized carbons (Fsp3) is 0.0698. The summed E-state index contributed by atoms with van der Waals surface area (Å²) in [5.41, 5.74) is 8.36. The second kappa shape index (κ2) is 14.7. The van der Waals surface area contributed by atoms with Crippen molar-refractivity contribution < 1.29 is 0 Å². The zero-order valence-corrected chi connectivity index (χ0v) is 27.8.